The maximum absolute atomic E-state index is 12.7. The highest BCUT2D eigenvalue weighted by atomic mass is 32.1. The average molecular weight is 419 g/mol. The van der Waals surface area contributed by atoms with Gasteiger partial charge < -0.3 is 5.32 Å². The Labute approximate surface area is 176 Å². The number of carbonyl (C=O) groups is 1. The largest absolute Gasteiger partial charge is 0.306 e. The van der Waals surface area contributed by atoms with Crippen LogP contribution >= 0.6 is 11.3 Å². The summed E-state index contributed by atoms with van der Waals surface area (Å²) in [6.07, 6.45) is 0. The zero-order valence-electron chi connectivity index (χ0n) is 16.2. The number of nitrogens with zero attached hydrogens (tertiary/aromatic N) is 4. The maximum Gasteiger partial charge on any atom is 0.282 e. The van der Waals surface area contributed by atoms with E-state index < -0.39 is 10.8 Å². The van der Waals surface area contributed by atoms with Crippen LogP contribution in [0.2, 0.25) is 0 Å². The number of hydrogen-bond donors (Lipinski definition) is 1. The smallest absolute Gasteiger partial charge is 0.282 e. The van der Waals surface area contributed by atoms with Crippen LogP contribution in [0.4, 0.5) is 11.5 Å². The van der Waals surface area contributed by atoms with Gasteiger partial charge in [-0.25, -0.2) is 4.98 Å². The Hall–Kier alpha value is -3.85. The lowest BCUT2D eigenvalue weighted by molar-refractivity contribution is -0.385. The summed E-state index contributed by atoms with van der Waals surface area (Å²) < 4.78 is 1.53. The fraction of sp³-hybridized carbons (Fsp3) is 0.0952. The minimum atomic E-state index is -0.584. The molecule has 30 heavy (non-hydrogen) atoms. The van der Waals surface area contributed by atoms with Gasteiger partial charge >= 0.3 is 0 Å². The number of amides is 1. The Morgan fingerprint density at radius 2 is 1.87 bits per heavy atom. The molecular weight excluding hydrogens is 402 g/mol. The van der Waals surface area contributed by atoms with Crippen LogP contribution in [0.3, 0.4) is 0 Å². The van der Waals surface area contributed by atoms with E-state index >= 15 is 0 Å². The highest BCUT2D eigenvalue weighted by Gasteiger charge is 2.21. The van der Waals surface area contributed by atoms with Crippen molar-refractivity contribution >= 4 is 28.7 Å². The zero-order chi connectivity index (χ0) is 21.3. The van der Waals surface area contributed by atoms with E-state index in [-0.39, 0.29) is 11.3 Å². The van der Waals surface area contributed by atoms with Crippen molar-refractivity contribution in [2.45, 2.75) is 13.8 Å². The zero-order valence-corrected chi connectivity index (χ0v) is 17.0. The van der Waals surface area contributed by atoms with Crippen molar-refractivity contribution in [3.05, 3.63) is 86.9 Å². The summed E-state index contributed by atoms with van der Waals surface area (Å²) in [7, 11) is 0. The minimum absolute atomic E-state index is 0.0209. The second kappa shape index (κ2) is 7.88. The van der Waals surface area contributed by atoms with Crippen LogP contribution in [-0.2, 0) is 0 Å². The lowest BCUT2D eigenvalue weighted by atomic mass is 10.1. The van der Waals surface area contributed by atoms with E-state index in [1.54, 1.807) is 19.1 Å². The van der Waals surface area contributed by atoms with Gasteiger partial charge in [0, 0.05) is 23.1 Å². The number of nitro benzene ring substituents is 1. The molecule has 0 bridgehead atoms. The first kappa shape index (κ1) is 19.5. The molecule has 0 spiro atoms. The molecule has 8 nitrogen and oxygen atoms in total. The van der Waals surface area contributed by atoms with Gasteiger partial charge in [0.25, 0.3) is 11.6 Å². The van der Waals surface area contributed by atoms with Crippen LogP contribution < -0.4 is 5.32 Å². The summed E-state index contributed by atoms with van der Waals surface area (Å²) >= 11 is 1.39. The molecule has 2 heterocycles. The molecule has 0 aliphatic heterocycles. The Morgan fingerprint density at radius 1 is 1.13 bits per heavy atom. The van der Waals surface area contributed by atoms with E-state index in [1.165, 1.54) is 34.2 Å². The molecule has 0 saturated heterocycles. The summed E-state index contributed by atoms with van der Waals surface area (Å²) in [6.45, 7) is 3.82. The molecule has 0 aliphatic carbocycles. The summed E-state index contributed by atoms with van der Waals surface area (Å²) in [6, 6.07) is 15.5. The molecule has 0 radical (unpaired) electrons. The second-order valence-electron chi connectivity index (χ2n) is 6.69. The maximum atomic E-state index is 12.7. The summed E-state index contributed by atoms with van der Waals surface area (Å²) in [5.41, 5.74) is 3.36. The van der Waals surface area contributed by atoms with Crippen LogP contribution in [0.25, 0.3) is 16.4 Å². The normalized spacial score (nSPS) is 10.7. The van der Waals surface area contributed by atoms with Gasteiger partial charge in [-0.1, -0.05) is 42.0 Å². The molecule has 4 aromatic rings. The molecule has 150 valence electrons. The van der Waals surface area contributed by atoms with Crippen LogP contribution in [0.15, 0.2) is 60.0 Å². The van der Waals surface area contributed by atoms with Gasteiger partial charge in [-0.15, -0.1) is 11.3 Å². The number of hydrogen-bond acceptors (Lipinski definition) is 6. The number of aryl methyl sites for hydroxylation is 2. The first-order valence-corrected chi connectivity index (χ1v) is 9.95. The van der Waals surface area contributed by atoms with Crippen molar-refractivity contribution in [3.63, 3.8) is 0 Å². The highest BCUT2D eigenvalue weighted by molar-refractivity contribution is 7.12. The van der Waals surface area contributed by atoms with Gasteiger partial charge in [0.2, 0.25) is 5.13 Å². The molecule has 0 saturated carbocycles. The number of rotatable bonds is 5. The number of nitrogens with one attached hydrogen (secondary N) is 1. The van der Waals surface area contributed by atoms with Crippen LogP contribution in [-0.4, -0.2) is 25.6 Å². The lowest BCUT2D eigenvalue weighted by Crippen LogP contribution is -2.16. The number of carbonyl (C=O) groups excluding carboxylic acids is 1. The number of thiazole rings is 1. The van der Waals surface area contributed by atoms with Crippen molar-refractivity contribution in [1.29, 1.82) is 0 Å². The molecule has 1 N–H and O–H groups in total. The molecular formula is C21H17N5O3S. The topological polar surface area (TPSA) is 103 Å². The van der Waals surface area contributed by atoms with Gasteiger partial charge in [0.1, 0.15) is 11.4 Å². The Bertz CT molecular complexity index is 1240. The summed E-state index contributed by atoms with van der Waals surface area (Å²) in [5.74, 6) is -0.195. The first-order chi connectivity index (χ1) is 14.4. The molecule has 2 aromatic heterocycles. The molecule has 2 aromatic carbocycles. The van der Waals surface area contributed by atoms with Crippen molar-refractivity contribution in [2.75, 3.05) is 5.32 Å². The summed E-state index contributed by atoms with van der Waals surface area (Å²) in [4.78, 5) is 28.0. The number of anilines is 1. The molecule has 0 aliphatic rings. The van der Waals surface area contributed by atoms with Crippen LogP contribution in [0.1, 0.15) is 21.6 Å². The van der Waals surface area contributed by atoms with Crippen molar-refractivity contribution in [3.8, 4) is 16.4 Å². The van der Waals surface area contributed by atoms with Gasteiger partial charge in [-0.05, 0) is 19.9 Å². The number of benzene rings is 2. The van der Waals surface area contributed by atoms with E-state index in [0.717, 1.165) is 16.8 Å². The van der Waals surface area contributed by atoms with Crippen LogP contribution in [0, 0.1) is 24.0 Å². The SMILES string of the molecule is Cc1ccc(-c2csc(-n3nc(C)cc3NC(=O)c3ccccc3[N+](=O)[O-])n2)cc1. The highest BCUT2D eigenvalue weighted by Crippen LogP contribution is 2.27. The Kier molecular flexibility index (Phi) is 5.11. The molecule has 1 amide bonds. The molecule has 0 fully saturated rings. The predicted octanol–water partition coefficient (Wildman–Crippen LogP) is 4.77. The molecule has 0 atom stereocenters. The number of para-hydroxylation sites is 1. The molecule has 4 rings (SSSR count). The third-order valence-electron chi connectivity index (χ3n) is 4.44. The third kappa shape index (κ3) is 3.83. The van der Waals surface area contributed by atoms with E-state index in [9.17, 15) is 14.9 Å². The molecule has 0 unspecified atom stereocenters. The summed E-state index contributed by atoms with van der Waals surface area (Å²) in [5, 5.41) is 20.9. The van der Waals surface area contributed by atoms with Crippen molar-refractivity contribution in [1.82, 2.24) is 14.8 Å². The monoisotopic (exact) mass is 419 g/mol. The van der Waals surface area contributed by atoms with E-state index in [2.05, 4.69) is 15.4 Å². The lowest BCUT2D eigenvalue weighted by Gasteiger charge is -2.07. The van der Waals surface area contributed by atoms with E-state index in [1.807, 2.05) is 36.6 Å². The average Bonchev–Trinajstić information content (AvgIpc) is 3.35. The van der Waals surface area contributed by atoms with Gasteiger partial charge in [-0.2, -0.15) is 9.78 Å². The van der Waals surface area contributed by atoms with Gasteiger partial charge in [0.15, 0.2) is 0 Å². The van der Waals surface area contributed by atoms with E-state index in [0.29, 0.717) is 16.6 Å². The third-order valence-corrected chi connectivity index (χ3v) is 5.26. The quantitative estimate of drug-likeness (QED) is 0.371. The molecule has 9 heteroatoms. The van der Waals surface area contributed by atoms with Crippen molar-refractivity contribution < 1.29 is 9.72 Å². The Balaban J connectivity index is 1.65. The fourth-order valence-corrected chi connectivity index (χ4v) is 3.76. The van der Waals surface area contributed by atoms with Gasteiger partial charge in [-0.3, -0.25) is 14.9 Å². The standard InChI is InChI=1S/C21H17N5O3S/c1-13-7-9-15(10-8-13)17-12-30-21(22-17)25-19(11-14(2)24-25)23-20(27)16-5-3-4-6-18(16)26(28)29/h3-12H,1-2H3,(H,23,27). The minimum Gasteiger partial charge on any atom is -0.306 e. The number of aromatic nitrogens is 3. The van der Waals surface area contributed by atoms with Crippen LogP contribution in [0.5, 0.6) is 0 Å². The second-order valence-corrected chi connectivity index (χ2v) is 7.53. The number of nitro groups is 1. The van der Waals surface area contributed by atoms with E-state index in [4.69, 9.17) is 0 Å². The first-order valence-electron chi connectivity index (χ1n) is 9.07. The van der Waals surface area contributed by atoms with Gasteiger partial charge in [0.05, 0.1) is 16.3 Å². The fourth-order valence-electron chi connectivity index (χ4n) is 2.96. The van der Waals surface area contributed by atoms with Crippen molar-refractivity contribution in [2.24, 2.45) is 0 Å². The Morgan fingerprint density at radius 3 is 2.60 bits per heavy atom. The predicted molar refractivity (Wildman–Crippen MR) is 115 cm³/mol.